The Bertz CT molecular complexity index is 1040. The van der Waals surface area contributed by atoms with E-state index in [0.717, 1.165) is 42.1 Å². The number of amides is 1. The molecule has 4 heteroatoms. The van der Waals surface area contributed by atoms with Gasteiger partial charge >= 0.3 is 0 Å². The molecule has 1 aromatic heterocycles. The van der Waals surface area contributed by atoms with Gasteiger partial charge in [-0.25, -0.2) is 4.98 Å². The number of fused-ring (bicyclic) bond motifs is 2. The highest BCUT2D eigenvalue weighted by molar-refractivity contribution is 5.95. The average molecular weight is 386 g/mol. The molecule has 5 rings (SSSR count). The summed E-state index contributed by atoms with van der Waals surface area (Å²) in [5, 5.41) is 12.7. The van der Waals surface area contributed by atoms with Crippen LogP contribution in [0, 0.1) is 5.92 Å². The lowest BCUT2D eigenvalue weighted by atomic mass is 9.66. The van der Waals surface area contributed by atoms with Crippen LogP contribution in [0.5, 0.6) is 0 Å². The van der Waals surface area contributed by atoms with E-state index in [4.69, 9.17) is 0 Å². The van der Waals surface area contributed by atoms with E-state index in [1.54, 1.807) is 0 Å². The van der Waals surface area contributed by atoms with Crippen LogP contribution in [0.15, 0.2) is 66.7 Å². The summed E-state index contributed by atoms with van der Waals surface area (Å²) in [6.45, 7) is 0.555. The molecule has 1 aliphatic carbocycles. The van der Waals surface area contributed by atoms with Crippen molar-refractivity contribution in [2.24, 2.45) is 5.92 Å². The van der Waals surface area contributed by atoms with Crippen molar-refractivity contribution in [1.29, 1.82) is 0 Å². The number of carbonyl (C=O) groups excluding carboxylic acids is 1. The van der Waals surface area contributed by atoms with Gasteiger partial charge in [-0.2, -0.15) is 0 Å². The first kappa shape index (κ1) is 18.3. The Kier molecular flexibility index (Phi) is 4.59. The van der Waals surface area contributed by atoms with E-state index in [0.29, 0.717) is 18.7 Å². The Balaban J connectivity index is 1.47. The van der Waals surface area contributed by atoms with Crippen molar-refractivity contribution in [3.8, 4) is 0 Å². The Morgan fingerprint density at radius 3 is 2.59 bits per heavy atom. The van der Waals surface area contributed by atoms with Crippen LogP contribution in [-0.2, 0) is 5.60 Å². The fourth-order valence-electron chi connectivity index (χ4n) is 5.35. The molecular formula is C25H26N2O2. The molecule has 1 aliphatic heterocycles. The van der Waals surface area contributed by atoms with Gasteiger partial charge in [-0.1, -0.05) is 67.4 Å². The number of carbonyl (C=O) groups is 1. The van der Waals surface area contributed by atoms with Gasteiger partial charge in [-0.15, -0.1) is 0 Å². The van der Waals surface area contributed by atoms with Crippen molar-refractivity contribution in [3.05, 3.63) is 78.0 Å². The molecule has 3 aromatic rings. The molecule has 1 saturated carbocycles. The van der Waals surface area contributed by atoms with Crippen LogP contribution >= 0.6 is 0 Å². The quantitative estimate of drug-likeness (QED) is 0.704. The van der Waals surface area contributed by atoms with Crippen molar-refractivity contribution in [3.63, 3.8) is 0 Å². The number of piperidine rings is 1. The number of hydrogen-bond donors (Lipinski definition) is 1. The minimum atomic E-state index is -0.861. The van der Waals surface area contributed by atoms with E-state index >= 15 is 0 Å². The lowest BCUT2D eigenvalue weighted by molar-refractivity contribution is -0.110. The number of hydrogen-bond acceptors (Lipinski definition) is 3. The number of para-hydroxylation sites is 1. The highest BCUT2D eigenvalue weighted by atomic mass is 16.3. The SMILES string of the molecule is O=C(c1ccc2ccccc2n1)N1CC[C@@](O)(c2ccccc2)[C@@H]2CCCC[C@@H]21. The standard InChI is InChI=1S/C25H26N2O2/c28-24(22-15-14-18-8-4-6-12-21(18)26-22)27-17-16-25(29,19-9-2-1-3-10-19)20-11-5-7-13-23(20)27/h1-4,6,8-10,12,14-15,20,23,29H,5,7,11,13,16-17H2/t20-,23+,25-/m1/s1. The Labute approximate surface area is 171 Å². The van der Waals surface area contributed by atoms with Crippen molar-refractivity contribution in [2.75, 3.05) is 6.54 Å². The minimum absolute atomic E-state index is 0.0113. The van der Waals surface area contributed by atoms with E-state index in [-0.39, 0.29) is 17.9 Å². The predicted molar refractivity (Wildman–Crippen MR) is 113 cm³/mol. The summed E-state index contributed by atoms with van der Waals surface area (Å²) in [5.74, 6) is 0.0552. The summed E-state index contributed by atoms with van der Waals surface area (Å²) in [6, 6.07) is 21.7. The van der Waals surface area contributed by atoms with Gasteiger partial charge in [0.1, 0.15) is 5.69 Å². The van der Waals surface area contributed by atoms with E-state index in [9.17, 15) is 9.90 Å². The first-order valence-electron chi connectivity index (χ1n) is 10.6. The maximum absolute atomic E-state index is 13.4. The van der Waals surface area contributed by atoms with Gasteiger partial charge < -0.3 is 10.0 Å². The van der Waals surface area contributed by atoms with Gasteiger partial charge in [0.05, 0.1) is 11.1 Å². The second-order valence-electron chi connectivity index (χ2n) is 8.39. The molecule has 1 N–H and O–H groups in total. The Morgan fingerprint density at radius 2 is 1.72 bits per heavy atom. The predicted octanol–water partition coefficient (Wildman–Crippen LogP) is 4.53. The number of rotatable bonds is 2. The molecule has 0 bridgehead atoms. The highest BCUT2D eigenvalue weighted by Gasteiger charge is 2.50. The van der Waals surface area contributed by atoms with Gasteiger partial charge in [-0.05, 0) is 37.0 Å². The van der Waals surface area contributed by atoms with Gasteiger partial charge in [0.2, 0.25) is 0 Å². The van der Waals surface area contributed by atoms with Crippen molar-refractivity contribution in [2.45, 2.75) is 43.7 Å². The second kappa shape index (κ2) is 7.27. The molecule has 1 saturated heterocycles. The number of nitrogens with zero attached hydrogens (tertiary/aromatic N) is 2. The van der Waals surface area contributed by atoms with Crippen LogP contribution in [0.2, 0.25) is 0 Å². The van der Waals surface area contributed by atoms with E-state index in [1.165, 1.54) is 0 Å². The Hall–Kier alpha value is -2.72. The topological polar surface area (TPSA) is 53.4 Å². The highest BCUT2D eigenvalue weighted by Crippen LogP contribution is 2.47. The number of aliphatic hydroxyl groups is 1. The van der Waals surface area contributed by atoms with Crippen LogP contribution in [0.1, 0.15) is 48.2 Å². The Morgan fingerprint density at radius 1 is 0.966 bits per heavy atom. The monoisotopic (exact) mass is 386 g/mol. The van der Waals surface area contributed by atoms with Crippen molar-refractivity contribution in [1.82, 2.24) is 9.88 Å². The number of pyridine rings is 1. The molecule has 4 nitrogen and oxygen atoms in total. The molecule has 148 valence electrons. The summed E-state index contributed by atoms with van der Waals surface area (Å²) < 4.78 is 0. The number of benzene rings is 2. The van der Waals surface area contributed by atoms with E-state index in [2.05, 4.69) is 4.98 Å². The van der Waals surface area contributed by atoms with E-state index < -0.39 is 5.60 Å². The fourth-order valence-corrected chi connectivity index (χ4v) is 5.35. The second-order valence-corrected chi connectivity index (χ2v) is 8.39. The van der Waals surface area contributed by atoms with Gasteiger partial charge in [0.15, 0.2) is 0 Å². The fraction of sp³-hybridized carbons (Fsp3) is 0.360. The lowest BCUT2D eigenvalue weighted by Gasteiger charge is -2.52. The smallest absolute Gasteiger partial charge is 0.272 e. The molecule has 1 amide bonds. The zero-order chi connectivity index (χ0) is 19.8. The first-order chi connectivity index (χ1) is 14.2. The van der Waals surface area contributed by atoms with Gasteiger partial charge in [0.25, 0.3) is 5.91 Å². The zero-order valence-electron chi connectivity index (χ0n) is 16.5. The third kappa shape index (κ3) is 3.12. The molecule has 0 unspecified atom stereocenters. The average Bonchev–Trinajstić information content (AvgIpc) is 2.79. The summed E-state index contributed by atoms with van der Waals surface area (Å²) in [6.07, 6.45) is 4.66. The zero-order valence-corrected chi connectivity index (χ0v) is 16.5. The lowest BCUT2D eigenvalue weighted by Crippen LogP contribution is -2.59. The molecule has 2 aromatic carbocycles. The van der Waals surface area contributed by atoms with Crippen LogP contribution in [-0.4, -0.2) is 33.5 Å². The molecule has 2 aliphatic rings. The third-order valence-electron chi connectivity index (χ3n) is 6.83. The van der Waals surface area contributed by atoms with Crippen LogP contribution in [0.25, 0.3) is 10.9 Å². The summed E-state index contributed by atoms with van der Waals surface area (Å²) in [7, 11) is 0. The molecule has 2 fully saturated rings. The third-order valence-corrected chi connectivity index (χ3v) is 6.83. The molecule has 0 radical (unpaired) electrons. The van der Waals surface area contributed by atoms with Crippen molar-refractivity contribution < 1.29 is 9.90 Å². The molecule has 3 atom stereocenters. The van der Waals surface area contributed by atoms with Crippen LogP contribution < -0.4 is 0 Å². The largest absolute Gasteiger partial charge is 0.385 e. The number of likely N-dealkylation sites (tertiary alicyclic amines) is 1. The summed E-state index contributed by atoms with van der Waals surface area (Å²) in [4.78, 5) is 20.0. The molecule has 0 spiro atoms. The summed E-state index contributed by atoms with van der Waals surface area (Å²) >= 11 is 0. The van der Waals surface area contributed by atoms with Crippen molar-refractivity contribution >= 4 is 16.8 Å². The van der Waals surface area contributed by atoms with Crippen LogP contribution in [0.3, 0.4) is 0 Å². The van der Waals surface area contributed by atoms with E-state index in [1.807, 2.05) is 71.6 Å². The molecule has 29 heavy (non-hydrogen) atoms. The minimum Gasteiger partial charge on any atom is -0.385 e. The normalized spacial score (nSPS) is 26.9. The van der Waals surface area contributed by atoms with Gasteiger partial charge in [-0.3, -0.25) is 4.79 Å². The maximum atomic E-state index is 13.4. The van der Waals surface area contributed by atoms with Gasteiger partial charge in [0, 0.05) is 23.9 Å². The first-order valence-corrected chi connectivity index (χ1v) is 10.6. The molecule has 2 heterocycles. The molecular weight excluding hydrogens is 360 g/mol. The maximum Gasteiger partial charge on any atom is 0.272 e. The van der Waals surface area contributed by atoms with Crippen LogP contribution in [0.4, 0.5) is 0 Å². The summed E-state index contributed by atoms with van der Waals surface area (Å²) in [5.41, 5.74) is 1.46. The number of aromatic nitrogens is 1.